The number of amides is 1. The van der Waals surface area contributed by atoms with Crippen molar-refractivity contribution < 1.29 is 14.3 Å². The molecule has 0 atom stereocenters. The van der Waals surface area contributed by atoms with Gasteiger partial charge in [0.05, 0.1) is 0 Å². The van der Waals surface area contributed by atoms with E-state index in [1.165, 1.54) is 0 Å². The first kappa shape index (κ1) is 13.3. The van der Waals surface area contributed by atoms with Crippen LogP contribution in [0.3, 0.4) is 0 Å². The Kier molecular flexibility index (Phi) is 3.54. The van der Waals surface area contributed by atoms with Crippen LogP contribution in [0.25, 0.3) is 0 Å². The third-order valence-electron chi connectivity index (χ3n) is 2.76. The minimum absolute atomic E-state index is 0.202. The molecule has 6 heteroatoms. The van der Waals surface area contributed by atoms with Crippen molar-refractivity contribution in [1.82, 2.24) is 0 Å². The molecule has 20 heavy (non-hydrogen) atoms. The summed E-state index contributed by atoms with van der Waals surface area (Å²) in [7, 11) is 0. The van der Waals surface area contributed by atoms with Gasteiger partial charge in [0.1, 0.15) is 0 Å². The highest BCUT2D eigenvalue weighted by atomic mass is 79.9. The molecular weight excluding hydrogens is 346 g/mol. The zero-order chi connectivity index (χ0) is 14.1. The summed E-state index contributed by atoms with van der Waals surface area (Å²) in [5, 5.41) is 3.28. The van der Waals surface area contributed by atoms with Gasteiger partial charge in [0, 0.05) is 26.8 Å². The summed E-state index contributed by atoms with van der Waals surface area (Å²) in [5.74, 6) is 1.05. The average molecular weight is 355 g/mol. The van der Waals surface area contributed by atoms with Crippen LogP contribution in [0.4, 0.5) is 5.69 Å². The van der Waals surface area contributed by atoms with Crippen molar-refractivity contribution in [1.29, 1.82) is 0 Å². The molecule has 1 aliphatic heterocycles. The lowest BCUT2D eigenvalue weighted by molar-refractivity contribution is 0.102. The minimum Gasteiger partial charge on any atom is -0.454 e. The monoisotopic (exact) mass is 353 g/mol. The Bertz CT molecular complexity index is 670. The summed E-state index contributed by atoms with van der Waals surface area (Å²) in [5.41, 5.74) is 1.11. The van der Waals surface area contributed by atoms with Crippen LogP contribution in [-0.2, 0) is 0 Å². The van der Waals surface area contributed by atoms with Gasteiger partial charge in [0.15, 0.2) is 11.5 Å². The van der Waals surface area contributed by atoms with Crippen molar-refractivity contribution in [3.05, 3.63) is 51.5 Å². The standard InChI is InChI=1S/C14H9BrClNO3/c15-9-3-8(4-10(16)5-9)14(18)17-11-1-2-12-13(6-11)20-7-19-12/h1-6H,7H2,(H,17,18). The van der Waals surface area contributed by atoms with Crippen LogP contribution in [0, 0.1) is 0 Å². The topological polar surface area (TPSA) is 47.6 Å². The number of halogens is 2. The fourth-order valence-electron chi connectivity index (χ4n) is 1.86. The summed E-state index contributed by atoms with van der Waals surface area (Å²) in [6.07, 6.45) is 0. The second-order valence-electron chi connectivity index (χ2n) is 4.18. The van der Waals surface area contributed by atoms with Crippen molar-refractivity contribution in [2.45, 2.75) is 0 Å². The van der Waals surface area contributed by atoms with E-state index in [4.69, 9.17) is 21.1 Å². The molecule has 1 N–H and O–H groups in total. The maximum Gasteiger partial charge on any atom is 0.255 e. The minimum atomic E-state index is -0.243. The van der Waals surface area contributed by atoms with E-state index in [0.29, 0.717) is 27.8 Å². The van der Waals surface area contributed by atoms with Gasteiger partial charge in [-0.2, -0.15) is 0 Å². The van der Waals surface area contributed by atoms with Crippen molar-refractivity contribution in [3.63, 3.8) is 0 Å². The third kappa shape index (κ3) is 2.73. The number of fused-ring (bicyclic) bond motifs is 1. The van der Waals surface area contributed by atoms with E-state index >= 15 is 0 Å². The molecule has 2 aromatic rings. The van der Waals surface area contributed by atoms with Crippen LogP contribution >= 0.6 is 27.5 Å². The third-order valence-corrected chi connectivity index (χ3v) is 3.43. The molecule has 1 heterocycles. The van der Waals surface area contributed by atoms with E-state index in [1.54, 1.807) is 36.4 Å². The number of anilines is 1. The van der Waals surface area contributed by atoms with Crippen LogP contribution in [0.1, 0.15) is 10.4 Å². The Balaban J connectivity index is 1.82. The van der Waals surface area contributed by atoms with E-state index in [9.17, 15) is 4.79 Å². The van der Waals surface area contributed by atoms with Gasteiger partial charge in [-0.15, -0.1) is 0 Å². The molecule has 4 nitrogen and oxygen atoms in total. The largest absolute Gasteiger partial charge is 0.454 e. The Morgan fingerprint density at radius 3 is 2.75 bits per heavy atom. The molecule has 2 aromatic carbocycles. The molecule has 0 saturated carbocycles. The normalized spacial score (nSPS) is 12.3. The number of benzene rings is 2. The Morgan fingerprint density at radius 2 is 1.95 bits per heavy atom. The van der Waals surface area contributed by atoms with Crippen molar-refractivity contribution in [2.75, 3.05) is 12.1 Å². The Labute approximate surface area is 128 Å². The Morgan fingerprint density at radius 1 is 1.15 bits per heavy atom. The number of hydrogen-bond acceptors (Lipinski definition) is 3. The molecule has 0 saturated heterocycles. The molecule has 102 valence electrons. The number of carbonyl (C=O) groups is 1. The molecule has 0 unspecified atom stereocenters. The molecule has 3 rings (SSSR count). The molecule has 1 aliphatic rings. The van der Waals surface area contributed by atoms with Gasteiger partial charge in [0.25, 0.3) is 5.91 Å². The number of hydrogen-bond donors (Lipinski definition) is 1. The van der Waals surface area contributed by atoms with Crippen molar-refractivity contribution >= 4 is 39.1 Å². The molecule has 0 radical (unpaired) electrons. The maximum atomic E-state index is 12.2. The highest BCUT2D eigenvalue weighted by Gasteiger charge is 2.15. The van der Waals surface area contributed by atoms with Crippen molar-refractivity contribution in [2.24, 2.45) is 0 Å². The first-order chi connectivity index (χ1) is 9.61. The molecule has 0 bridgehead atoms. The molecule has 0 aromatic heterocycles. The van der Waals surface area contributed by atoms with E-state index in [0.717, 1.165) is 4.47 Å². The van der Waals surface area contributed by atoms with Crippen LogP contribution in [0.2, 0.25) is 5.02 Å². The summed E-state index contributed by atoms with van der Waals surface area (Å²) >= 11 is 9.23. The number of carbonyl (C=O) groups excluding carboxylic acids is 1. The van der Waals surface area contributed by atoms with E-state index < -0.39 is 0 Å². The summed E-state index contributed by atoms with van der Waals surface area (Å²) in [6.45, 7) is 0.202. The number of nitrogens with one attached hydrogen (secondary N) is 1. The fraction of sp³-hybridized carbons (Fsp3) is 0.0714. The van der Waals surface area contributed by atoms with E-state index in [-0.39, 0.29) is 12.7 Å². The van der Waals surface area contributed by atoms with Crippen LogP contribution < -0.4 is 14.8 Å². The van der Waals surface area contributed by atoms with Crippen molar-refractivity contribution in [3.8, 4) is 11.5 Å². The lowest BCUT2D eigenvalue weighted by atomic mass is 10.2. The molecular formula is C14H9BrClNO3. The van der Waals surface area contributed by atoms with Gasteiger partial charge < -0.3 is 14.8 Å². The lowest BCUT2D eigenvalue weighted by Crippen LogP contribution is -2.11. The maximum absolute atomic E-state index is 12.2. The summed E-state index contributed by atoms with van der Waals surface area (Å²) in [4.78, 5) is 12.2. The highest BCUT2D eigenvalue weighted by molar-refractivity contribution is 9.10. The van der Waals surface area contributed by atoms with Gasteiger partial charge >= 0.3 is 0 Å². The quantitative estimate of drug-likeness (QED) is 0.884. The average Bonchev–Trinajstić information content (AvgIpc) is 2.85. The Hall–Kier alpha value is -1.72. The van der Waals surface area contributed by atoms with Gasteiger partial charge in [0.2, 0.25) is 6.79 Å². The molecule has 0 aliphatic carbocycles. The van der Waals surface area contributed by atoms with Crippen LogP contribution in [0.5, 0.6) is 11.5 Å². The second kappa shape index (κ2) is 5.34. The smallest absolute Gasteiger partial charge is 0.255 e. The van der Waals surface area contributed by atoms with Gasteiger partial charge in [-0.05, 0) is 30.3 Å². The first-order valence-electron chi connectivity index (χ1n) is 5.79. The van der Waals surface area contributed by atoms with Crippen LogP contribution in [-0.4, -0.2) is 12.7 Å². The zero-order valence-electron chi connectivity index (χ0n) is 10.2. The van der Waals surface area contributed by atoms with E-state index in [2.05, 4.69) is 21.2 Å². The predicted octanol–water partition coefficient (Wildman–Crippen LogP) is 4.08. The molecule has 0 fully saturated rings. The number of ether oxygens (including phenoxy) is 2. The molecule has 0 spiro atoms. The van der Waals surface area contributed by atoms with Gasteiger partial charge in [-0.25, -0.2) is 0 Å². The lowest BCUT2D eigenvalue weighted by Gasteiger charge is -2.07. The number of rotatable bonds is 2. The summed E-state index contributed by atoms with van der Waals surface area (Å²) < 4.78 is 11.2. The SMILES string of the molecule is O=C(Nc1ccc2c(c1)OCO2)c1cc(Cl)cc(Br)c1. The summed E-state index contributed by atoms with van der Waals surface area (Å²) in [6, 6.07) is 10.3. The second-order valence-corrected chi connectivity index (χ2v) is 5.53. The molecule has 1 amide bonds. The van der Waals surface area contributed by atoms with Gasteiger partial charge in [-0.1, -0.05) is 27.5 Å². The highest BCUT2D eigenvalue weighted by Crippen LogP contribution is 2.34. The van der Waals surface area contributed by atoms with Crippen LogP contribution in [0.15, 0.2) is 40.9 Å². The fourth-order valence-corrected chi connectivity index (χ4v) is 2.72. The predicted molar refractivity (Wildman–Crippen MR) is 79.7 cm³/mol. The zero-order valence-corrected chi connectivity index (χ0v) is 12.5. The van der Waals surface area contributed by atoms with E-state index in [1.807, 2.05) is 0 Å². The first-order valence-corrected chi connectivity index (χ1v) is 6.96. The van der Waals surface area contributed by atoms with Gasteiger partial charge in [-0.3, -0.25) is 4.79 Å².